The largest absolute Gasteiger partial charge is 0.377 e. The molecule has 26 heavy (non-hydrogen) atoms. The van der Waals surface area contributed by atoms with Gasteiger partial charge in [-0.05, 0) is 68.7 Å². The Balaban J connectivity index is 1.32. The van der Waals surface area contributed by atoms with Gasteiger partial charge in [-0.3, -0.25) is 9.78 Å². The Hall–Kier alpha value is -1.46. The molecule has 5 heteroatoms. The van der Waals surface area contributed by atoms with Crippen LogP contribution in [0.3, 0.4) is 0 Å². The molecule has 0 aromatic carbocycles. The summed E-state index contributed by atoms with van der Waals surface area (Å²) in [6, 6.07) is 4.01. The predicted molar refractivity (Wildman–Crippen MR) is 101 cm³/mol. The summed E-state index contributed by atoms with van der Waals surface area (Å²) in [5.74, 6) is 0.303. The van der Waals surface area contributed by atoms with Crippen molar-refractivity contribution in [1.82, 2.24) is 14.8 Å². The zero-order valence-corrected chi connectivity index (χ0v) is 15.7. The molecule has 1 aromatic rings. The average Bonchev–Trinajstić information content (AvgIpc) is 2.69. The molecule has 4 heterocycles. The van der Waals surface area contributed by atoms with Crippen molar-refractivity contribution in [3.63, 3.8) is 0 Å². The predicted octanol–water partition coefficient (Wildman–Crippen LogP) is 2.86. The zero-order chi connectivity index (χ0) is 17.8. The van der Waals surface area contributed by atoms with Gasteiger partial charge in [-0.2, -0.15) is 0 Å². The Labute approximate surface area is 156 Å². The summed E-state index contributed by atoms with van der Waals surface area (Å²) < 4.78 is 5.91. The van der Waals surface area contributed by atoms with Crippen LogP contribution in [0.2, 0.25) is 0 Å². The van der Waals surface area contributed by atoms with Gasteiger partial charge in [0.2, 0.25) is 5.91 Å². The summed E-state index contributed by atoms with van der Waals surface area (Å²) in [6.07, 6.45) is 12.0. The number of carbonyl (C=O) groups excluding carboxylic acids is 1. The molecule has 1 spiro atoms. The lowest BCUT2D eigenvalue weighted by molar-refractivity contribution is -0.140. The molecule has 1 aromatic heterocycles. The summed E-state index contributed by atoms with van der Waals surface area (Å²) in [7, 11) is 0. The monoisotopic (exact) mass is 357 g/mol. The fraction of sp³-hybridized carbons (Fsp3) is 0.714. The van der Waals surface area contributed by atoms with Gasteiger partial charge in [-0.25, -0.2) is 0 Å². The highest BCUT2D eigenvalue weighted by Gasteiger charge is 2.41. The van der Waals surface area contributed by atoms with Crippen molar-refractivity contribution in [3.8, 4) is 0 Å². The molecule has 142 valence electrons. The smallest absolute Gasteiger partial charge is 0.222 e. The number of hydrogen-bond donors (Lipinski definition) is 0. The van der Waals surface area contributed by atoms with E-state index in [9.17, 15) is 4.79 Å². The molecule has 0 saturated carbocycles. The summed E-state index contributed by atoms with van der Waals surface area (Å²) in [6.45, 7) is 5.94. The first-order chi connectivity index (χ1) is 12.7. The third kappa shape index (κ3) is 4.26. The van der Waals surface area contributed by atoms with Crippen molar-refractivity contribution in [3.05, 3.63) is 30.1 Å². The van der Waals surface area contributed by atoms with Gasteiger partial charge >= 0.3 is 0 Å². The van der Waals surface area contributed by atoms with Crippen molar-refractivity contribution >= 4 is 5.91 Å². The number of carbonyl (C=O) groups is 1. The molecular weight excluding hydrogens is 326 g/mol. The molecule has 3 saturated heterocycles. The summed E-state index contributed by atoms with van der Waals surface area (Å²) in [5, 5.41) is 0. The third-order valence-electron chi connectivity index (χ3n) is 6.50. The Morgan fingerprint density at radius 1 is 1.23 bits per heavy atom. The van der Waals surface area contributed by atoms with Gasteiger partial charge in [0.1, 0.15) is 0 Å². The molecular formula is C21H31N3O2. The van der Waals surface area contributed by atoms with Gasteiger partial charge in [0.25, 0.3) is 0 Å². The number of nitrogens with zero attached hydrogens (tertiary/aromatic N) is 3. The minimum absolute atomic E-state index is 0.303. The first-order valence-corrected chi connectivity index (χ1v) is 10.2. The summed E-state index contributed by atoms with van der Waals surface area (Å²) in [5.41, 5.74) is 1.45. The molecule has 1 atom stereocenters. The lowest BCUT2D eigenvalue weighted by Crippen LogP contribution is -2.52. The van der Waals surface area contributed by atoms with Crippen molar-refractivity contribution in [1.29, 1.82) is 0 Å². The molecule has 0 bridgehead atoms. The SMILES string of the molecule is O=C1CCC2(CCN(CC3CCCCO3)CC2)CN1Cc1cccnc1. The molecule has 0 N–H and O–H groups in total. The third-order valence-corrected chi connectivity index (χ3v) is 6.50. The summed E-state index contributed by atoms with van der Waals surface area (Å²) >= 11 is 0. The highest BCUT2D eigenvalue weighted by Crippen LogP contribution is 2.40. The first kappa shape index (κ1) is 17.9. The molecule has 1 amide bonds. The minimum Gasteiger partial charge on any atom is -0.377 e. The number of likely N-dealkylation sites (tertiary alicyclic amines) is 2. The second kappa shape index (κ2) is 8.05. The Bertz CT molecular complexity index is 593. The van der Waals surface area contributed by atoms with Crippen LogP contribution >= 0.6 is 0 Å². The van der Waals surface area contributed by atoms with E-state index in [1.807, 2.05) is 12.3 Å². The van der Waals surface area contributed by atoms with E-state index in [1.54, 1.807) is 6.20 Å². The van der Waals surface area contributed by atoms with E-state index in [0.29, 0.717) is 30.4 Å². The van der Waals surface area contributed by atoms with Crippen LogP contribution in [0.4, 0.5) is 0 Å². The van der Waals surface area contributed by atoms with Crippen LogP contribution in [0.1, 0.15) is 50.5 Å². The number of piperidine rings is 2. The molecule has 5 nitrogen and oxygen atoms in total. The molecule has 3 fully saturated rings. The quantitative estimate of drug-likeness (QED) is 0.831. The maximum Gasteiger partial charge on any atom is 0.222 e. The van der Waals surface area contributed by atoms with Gasteiger partial charge in [-0.15, -0.1) is 0 Å². The highest BCUT2D eigenvalue weighted by atomic mass is 16.5. The van der Waals surface area contributed by atoms with E-state index in [4.69, 9.17) is 4.74 Å². The van der Waals surface area contributed by atoms with Crippen LogP contribution in [0.25, 0.3) is 0 Å². The molecule has 0 radical (unpaired) electrons. The van der Waals surface area contributed by atoms with Crippen LogP contribution in [-0.2, 0) is 16.1 Å². The first-order valence-electron chi connectivity index (χ1n) is 10.2. The van der Waals surface area contributed by atoms with Gasteiger partial charge in [0, 0.05) is 45.1 Å². The van der Waals surface area contributed by atoms with E-state index >= 15 is 0 Å². The van der Waals surface area contributed by atoms with E-state index in [0.717, 1.165) is 44.8 Å². The van der Waals surface area contributed by atoms with Crippen LogP contribution in [0.5, 0.6) is 0 Å². The van der Waals surface area contributed by atoms with Crippen molar-refractivity contribution in [2.75, 3.05) is 32.8 Å². The number of ether oxygens (including phenoxy) is 1. The average molecular weight is 357 g/mol. The van der Waals surface area contributed by atoms with Gasteiger partial charge in [-0.1, -0.05) is 6.07 Å². The Kier molecular flexibility index (Phi) is 5.55. The minimum atomic E-state index is 0.303. The maximum atomic E-state index is 12.4. The standard InChI is InChI=1S/C21H31N3O2/c25-20-6-7-21(17-24(20)15-18-4-3-10-22-14-18)8-11-23(12-9-21)16-19-5-1-2-13-26-19/h3-4,10,14,19H,1-2,5-9,11-13,15-17H2. The van der Waals surface area contributed by atoms with Gasteiger partial charge < -0.3 is 14.5 Å². The van der Waals surface area contributed by atoms with E-state index < -0.39 is 0 Å². The number of amides is 1. The fourth-order valence-corrected chi connectivity index (χ4v) is 4.82. The van der Waals surface area contributed by atoms with Crippen molar-refractivity contribution < 1.29 is 9.53 Å². The fourth-order valence-electron chi connectivity index (χ4n) is 4.82. The second-order valence-corrected chi connectivity index (χ2v) is 8.40. The number of rotatable bonds is 4. The maximum absolute atomic E-state index is 12.4. The Morgan fingerprint density at radius 2 is 2.12 bits per heavy atom. The van der Waals surface area contributed by atoms with E-state index in [-0.39, 0.29) is 0 Å². The van der Waals surface area contributed by atoms with E-state index in [2.05, 4.69) is 20.9 Å². The van der Waals surface area contributed by atoms with Crippen LogP contribution in [-0.4, -0.2) is 59.6 Å². The molecule has 3 aliphatic heterocycles. The lowest BCUT2D eigenvalue weighted by Gasteiger charge is -2.48. The lowest BCUT2D eigenvalue weighted by atomic mass is 9.72. The number of aromatic nitrogens is 1. The second-order valence-electron chi connectivity index (χ2n) is 8.40. The van der Waals surface area contributed by atoms with Gasteiger partial charge in [0.05, 0.1) is 6.10 Å². The summed E-state index contributed by atoms with van der Waals surface area (Å²) in [4.78, 5) is 21.3. The van der Waals surface area contributed by atoms with E-state index in [1.165, 1.54) is 32.1 Å². The van der Waals surface area contributed by atoms with Crippen molar-refractivity contribution in [2.24, 2.45) is 5.41 Å². The van der Waals surface area contributed by atoms with Gasteiger partial charge in [0.15, 0.2) is 0 Å². The molecule has 1 unspecified atom stereocenters. The van der Waals surface area contributed by atoms with Crippen LogP contribution in [0.15, 0.2) is 24.5 Å². The molecule has 3 aliphatic rings. The number of pyridine rings is 1. The Morgan fingerprint density at radius 3 is 2.85 bits per heavy atom. The number of hydrogen-bond acceptors (Lipinski definition) is 4. The topological polar surface area (TPSA) is 45.7 Å². The van der Waals surface area contributed by atoms with Crippen LogP contribution < -0.4 is 0 Å². The molecule has 0 aliphatic carbocycles. The highest BCUT2D eigenvalue weighted by molar-refractivity contribution is 5.77. The normalized spacial score (nSPS) is 27.0. The van der Waals surface area contributed by atoms with Crippen molar-refractivity contribution in [2.45, 2.75) is 57.6 Å². The zero-order valence-electron chi connectivity index (χ0n) is 15.7. The van der Waals surface area contributed by atoms with Crippen LogP contribution in [0, 0.1) is 5.41 Å². The molecule has 4 rings (SSSR count).